The fourth-order valence-corrected chi connectivity index (χ4v) is 2.16. The molecular formula is C16H16F3NO. The van der Waals surface area contributed by atoms with Gasteiger partial charge in [0.25, 0.3) is 0 Å². The van der Waals surface area contributed by atoms with E-state index in [-0.39, 0.29) is 11.3 Å². The molecule has 2 nitrogen and oxygen atoms in total. The Kier molecular flexibility index (Phi) is 4.11. The van der Waals surface area contributed by atoms with Crippen molar-refractivity contribution in [2.75, 3.05) is 5.32 Å². The van der Waals surface area contributed by atoms with E-state index in [2.05, 4.69) is 5.32 Å². The zero-order valence-electron chi connectivity index (χ0n) is 11.7. The van der Waals surface area contributed by atoms with E-state index < -0.39 is 17.8 Å². The van der Waals surface area contributed by atoms with Crippen molar-refractivity contribution in [3.05, 3.63) is 59.2 Å². The van der Waals surface area contributed by atoms with E-state index in [9.17, 15) is 18.3 Å². The number of phenols is 1. The number of rotatable bonds is 3. The zero-order valence-corrected chi connectivity index (χ0v) is 11.7. The van der Waals surface area contributed by atoms with Crippen molar-refractivity contribution < 1.29 is 18.3 Å². The van der Waals surface area contributed by atoms with Gasteiger partial charge in [-0.15, -0.1) is 0 Å². The van der Waals surface area contributed by atoms with Crippen molar-refractivity contribution in [2.45, 2.75) is 26.1 Å². The van der Waals surface area contributed by atoms with Crippen LogP contribution in [0.15, 0.2) is 42.5 Å². The summed E-state index contributed by atoms with van der Waals surface area (Å²) in [5, 5.41) is 12.6. The molecule has 21 heavy (non-hydrogen) atoms. The lowest BCUT2D eigenvalue weighted by atomic mass is 10.0. The molecule has 2 N–H and O–H groups in total. The summed E-state index contributed by atoms with van der Waals surface area (Å²) in [6, 6.07) is 9.87. The van der Waals surface area contributed by atoms with Gasteiger partial charge in [-0.2, -0.15) is 13.2 Å². The van der Waals surface area contributed by atoms with Crippen LogP contribution < -0.4 is 5.32 Å². The molecule has 0 aliphatic heterocycles. The molecule has 0 amide bonds. The first-order chi connectivity index (χ1) is 9.79. The van der Waals surface area contributed by atoms with Crippen LogP contribution in [0.2, 0.25) is 0 Å². The molecule has 2 aromatic carbocycles. The van der Waals surface area contributed by atoms with Gasteiger partial charge in [-0.25, -0.2) is 0 Å². The van der Waals surface area contributed by atoms with E-state index in [1.165, 1.54) is 18.2 Å². The van der Waals surface area contributed by atoms with E-state index in [1.807, 2.05) is 0 Å². The average Bonchev–Trinajstić information content (AvgIpc) is 2.42. The molecule has 0 spiro atoms. The van der Waals surface area contributed by atoms with Gasteiger partial charge in [-0.1, -0.05) is 24.3 Å². The molecule has 0 fully saturated rings. The molecule has 0 aromatic heterocycles. The summed E-state index contributed by atoms with van der Waals surface area (Å²) in [6.45, 7) is 3.41. The first-order valence-electron chi connectivity index (χ1n) is 6.51. The van der Waals surface area contributed by atoms with Crippen molar-refractivity contribution in [1.29, 1.82) is 0 Å². The van der Waals surface area contributed by atoms with Crippen LogP contribution in [0.1, 0.15) is 29.7 Å². The third kappa shape index (κ3) is 3.48. The first-order valence-corrected chi connectivity index (χ1v) is 6.51. The summed E-state index contributed by atoms with van der Waals surface area (Å²) in [5.41, 5.74) is 0.804. The minimum absolute atomic E-state index is 0.108. The van der Waals surface area contributed by atoms with Gasteiger partial charge < -0.3 is 10.4 Å². The zero-order chi connectivity index (χ0) is 15.6. The molecule has 112 valence electrons. The van der Waals surface area contributed by atoms with E-state index in [0.717, 1.165) is 6.07 Å². The van der Waals surface area contributed by atoms with Gasteiger partial charge >= 0.3 is 6.18 Å². The van der Waals surface area contributed by atoms with Crippen LogP contribution in [0.3, 0.4) is 0 Å². The van der Waals surface area contributed by atoms with Gasteiger partial charge in [-0.3, -0.25) is 0 Å². The van der Waals surface area contributed by atoms with E-state index >= 15 is 0 Å². The monoisotopic (exact) mass is 295 g/mol. The van der Waals surface area contributed by atoms with Gasteiger partial charge in [0, 0.05) is 17.8 Å². The SMILES string of the molecule is Cc1ccc(NC(C)c2ccccc2C(F)(F)F)cc1O. The molecule has 5 heteroatoms. The van der Waals surface area contributed by atoms with Gasteiger partial charge in [0.05, 0.1) is 5.56 Å². The minimum Gasteiger partial charge on any atom is -0.508 e. The molecule has 2 aromatic rings. The van der Waals surface area contributed by atoms with Crippen molar-refractivity contribution in [3.63, 3.8) is 0 Å². The Labute approximate surface area is 121 Å². The Morgan fingerprint density at radius 2 is 1.76 bits per heavy atom. The van der Waals surface area contributed by atoms with E-state index in [0.29, 0.717) is 11.3 Å². The molecule has 2 rings (SSSR count). The number of hydrogen-bond donors (Lipinski definition) is 2. The Balaban J connectivity index is 2.28. The third-order valence-corrected chi connectivity index (χ3v) is 3.33. The second-order valence-electron chi connectivity index (χ2n) is 4.95. The number of nitrogens with one attached hydrogen (secondary N) is 1. The molecule has 0 bridgehead atoms. The van der Waals surface area contributed by atoms with Crippen LogP contribution in [0.5, 0.6) is 5.75 Å². The number of benzene rings is 2. The molecule has 1 unspecified atom stereocenters. The van der Waals surface area contributed by atoms with E-state index in [4.69, 9.17) is 0 Å². The van der Waals surface area contributed by atoms with E-state index in [1.54, 1.807) is 32.0 Å². The number of hydrogen-bond acceptors (Lipinski definition) is 2. The highest BCUT2D eigenvalue weighted by molar-refractivity contribution is 5.52. The first kappa shape index (κ1) is 15.2. The summed E-state index contributed by atoms with van der Waals surface area (Å²) in [4.78, 5) is 0. The van der Waals surface area contributed by atoms with Crippen LogP contribution in [0.4, 0.5) is 18.9 Å². The number of halogens is 3. The van der Waals surface area contributed by atoms with Crippen molar-refractivity contribution in [3.8, 4) is 5.75 Å². The predicted octanol–water partition coefficient (Wildman–Crippen LogP) is 4.89. The van der Waals surface area contributed by atoms with Crippen molar-refractivity contribution in [1.82, 2.24) is 0 Å². The van der Waals surface area contributed by atoms with Crippen LogP contribution >= 0.6 is 0 Å². The lowest BCUT2D eigenvalue weighted by Gasteiger charge is -2.20. The summed E-state index contributed by atoms with van der Waals surface area (Å²) < 4.78 is 39.0. The normalized spacial score (nSPS) is 13.0. The molecule has 0 aliphatic carbocycles. The molecule has 0 saturated heterocycles. The largest absolute Gasteiger partial charge is 0.508 e. The quantitative estimate of drug-likeness (QED) is 0.844. The molecule has 0 heterocycles. The maximum atomic E-state index is 13.0. The van der Waals surface area contributed by atoms with Crippen LogP contribution in [0.25, 0.3) is 0 Å². The smallest absolute Gasteiger partial charge is 0.416 e. The predicted molar refractivity (Wildman–Crippen MR) is 76.3 cm³/mol. The van der Waals surface area contributed by atoms with Crippen molar-refractivity contribution in [2.24, 2.45) is 0 Å². The Hall–Kier alpha value is -2.17. The highest BCUT2D eigenvalue weighted by atomic mass is 19.4. The highest BCUT2D eigenvalue weighted by Gasteiger charge is 2.34. The standard InChI is InChI=1S/C16H16F3NO/c1-10-7-8-12(9-15(10)21)20-11(2)13-5-3-4-6-14(13)16(17,18)19/h3-9,11,20-21H,1-2H3. The second-order valence-corrected chi connectivity index (χ2v) is 4.95. The number of anilines is 1. The molecule has 0 radical (unpaired) electrons. The number of phenolic OH excluding ortho intramolecular Hbond substituents is 1. The summed E-state index contributed by atoms with van der Waals surface area (Å²) in [6.07, 6.45) is -4.39. The Morgan fingerprint density at radius 1 is 1.10 bits per heavy atom. The Bertz CT molecular complexity index is 638. The van der Waals surface area contributed by atoms with Gasteiger partial charge in [-0.05, 0) is 37.1 Å². The van der Waals surface area contributed by atoms with Crippen LogP contribution in [-0.4, -0.2) is 5.11 Å². The summed E-state index contributed by atoms with van der Waals surface area (Å²) in [5.74, 6) is 0.108. The third-order valence-electron chi connectivity index (χ3n) is 3.33. The number of aromatic hydroxyl groups is 1. The number of aryl methyl sites for hydroxylation is 1. The van der Waals surface area contributed by atoms with Crippen molar-refractivity contribution >= 4 is 5.69 Å². The Morgan fingerprint density at radius 3 is 2.38 bits per heavy atom. The highest BCUT2D eigenvalue weighted by Crippen LogP contribution is 2.35. The minimum atomic E-state index is -4.39. The van der Waals surface area contributed by atoms with Gasteiger partial charge in [0.15, 0.2) is 0 Å². The lowest BCUT2D eigenvalue weighted by Crippen LogP contribution is -2.15. The average molecular weight is 295 g/mol. The van der Waals surface area contributed by atoms with Gasteiger partial charge in [0.2, 0.25) is 0 Å². The second kappa shape index (κ2) is 5.68. The molecule has 0 aliphatic rings. The lowest BCUT2D eigenvalue weighted by molar-refractivity contribution is -0.138. The molecule has 0 saturated carbocycles. The van der Waals surface area contributed by atoms with Gasteiger partial charge in [0.1, 0.15) is 5.75 Å². The fourth-order valence-electron chi connectivity index (χ4n) is 2.16. The molecular weight excluding hydrogens is 279 g/mol. The number of alkyl halides is 3. The fraction of sp³-hybridized carbons (Fsp3) is 0.250. The summed E-state index contributed by atoms with van der Waals surface area (Å²) >= 11 is 0. The molecule has 1 atom stereocenters. The maximum Gasteiger partial charge on any atom is 0.416 e. The van der Waals surface area contributed by atoms with Crippen LogP contribution in [-0.2, 0) is 6.18 Å². The summed E-state index contributed by atoms with van der Waals surface area (Å²) in [7, 11) is 0. The maximum absolute atomic E-state index is 13.0. The topological polar surface area (TPSA) is 32.3 Å². The van der Waals surface area contributed by atoms with Crippen LogP contribution in [0, 0.1) is 6.92 Å².